The van der Waals surface area contributed by atoms with Gasteiger partial charge in [-0.15, -0.1) is 11.6 Å². The molecular weight excluding hydrogens is 214 g/mol. The minimum absolute atomic E-state index is 0.0283. The SMILES string of the molecule is CC1CC(=O)N(S(=O)(=O)CCCl)C1. The van der Waals surface area contributed by atoms with Crippen molar-refractivity contribution in [2.24, 2.45) is 5.92 Å². The normalized spacial score (nSPS) is 24.0. The summed E-state index contributed by atoms with van der Waals surface area (Å²) < 4.78 is 23.8. The number of rotatable bonds is 3. The van der Waals surface area contributed by atoms with Crippen LogP contribution in [0.1, 0.15) is 13.3 Å². The maximum absolute atomic E-state index is 11.4. The van der Waals surface area contributed by atoms with Crippen molar-refractivity contribution >= 4 is 27.5 Å². The number of sulfonamides is 1. The summed E-state index contributed by atoms with van der Waals surface area (Å²) in [5.41, 5.74) is 0. The van der Waals surface area contributed by atoms with E-state index in [4.69, 9.17) is 11.6 Å². The summed E-state index contributed by atoms with van der Waals surface area (Å²) in [4.78, 5) is 11.2. The Labute approximate surface area is 82.9 Å². The van der Waals surface area contributed by atoms with E-state index in [1.165, 1.54) is 0 Å². The first-order chi connectivity index (χ1) is 5.97. The fourth-order valence-electron chi connectivity index (χ4n) is 1.33. The summed E-state index contributed by atoms with van der Waals surface area (Å²) in [6.07, 6.45) is 0.321. The first-order valence-corrected chi connectivity index (χ1v) is 6.21. The summed E-state index contributed by atoms with van der Waals surface area (Å²) in [6.45, 7) is 2.16. The number of halogens is 1. The highest BCUT2D eigenvalue weighted by atomic mass is 35.5. The molecule has 1 aliphatic rings. The molecule has 1 saturated heterocycles. The number of alkyl halides is 1. The predicted octanol–water partition coefficient (Wildman–Crippen LogP) is 0.423. The van der Waals surface area contributed by atoms with Crippen molar-refractivity contribution in [2.45, 2.75) is 13.3 Å². The number of hydrogen-bond donors (Lipinski definition) is 0. The molecule has 0 aromatic rings. The molecule has 0 bridgehead atoms. The molecule has 1 aliphatic heterocycles. The maximum atomic E-state index is 11.4. The lowest BCUT2D eigenvalue weighted by molar-refractivity contribution is -0.123. The quantitative estimate of drug-likeness (QED) is 0.655. The molecule has 0 aromatic heterocycles. The summed E-state index contributed by atoms with van der Waals surface area (Å²) in [7, 11) is -3.44. The van der Waals surface area contributed by atoms with E-state index in [1.54, 1.807) is 0 Å². The molecule has 1 amide bonds. The Balaban J connectivity index is 2.78. The van der Waals surface area contributed by atoms with Gasteiger partial charge in [0.05, 0.1) is 5.75 Å². The zero-order valence-corrected chi connectivity index (χ0v) is 8.94. The largest absolute Gasteiger partial charge is 0.274 e. The van der Waals surface area contributed by atoms with Crippen LogP contribution < -0.4 is 0 Å². The minimum Gasteiger partial charge on any atom is -0.274 e. The number of carbonyl (C=O) groups excluding carboxylic acids is 1. The van der Waals surface area contributed by atoms with Gasteiger partial charge in [-0.2, -0.15) is 0 Å². The molecule has 4 nitrogen and oxygen atoms in total. The van der Waals surface area contributed by atoms with E-state index in [9.17, 15) is 13.2 Å². The van der Waals surface area contributed by atoms with Crippen LogP contribution in [0, 0.1) is 5.92 Å². The molecule has 0 aliphatic carbocycles. The first-order valence-electron chi connectivity index (χ1n) is 4.06. The van der Waals surface area contributed by atoms with E-state index in [-0.39, 0.29) is 23.5 Å². The second-order valence-electron chi connectivity index (χ2n) is 3.24. The van der Waals surface area contributed by atoms with E-state index in [2.05, 4.69) is 0 Å². The number of carbonyl (C=O) groups is 1. The van der Waals surface area contributed by atoms with Gasteiger partial charge >= 0.3 is 0 Å². The predicted molar refractivity (Wildman–Crippen MR) is 50.0 cm³/mol. The molecule has 1 unspecified atom stereocenters. The lowest BCUT2D eigenvalue weighted by atomic mass is 10.2. The molecule has 0 aromatic carbocycles. The monoisotopic (exact) mass is 225 g/mol. The summed E-state index contributed by atoms with van der Waals surface area (Å²) in [6, 6.07) is 0. The van der Waals surface area contributed by atoms with Crippen molar-refractivity contribution in [2.75, 3.05) is 18.2 Å². The molecule has 1 atom stereocenters. The van der Waals surface area contributed by atoms with Gasteiger partial charge in [0, 0.05) is 18.8 Å². The molecule has 6 heteroatoms. The molecule has 1 rings (SSSR count). The Kier molecular flexibility index (Phi) is 3.18. The smallest absolute Gasteiger partial charge is 0.238 e. The highest BCUT2D eigenvalue weighted by molar-refractivity contribution is 7.89. The lowest BCUT2D eigenvalue weighted by Gasteiger charge is -2.15. The second-order valence-corrected chi connectivity index (χ2v) is 5.63. The molecule has 13 heavy (non-hydrogen) atoms. The van der Waals surface area contributed by atoms with Gasteiger partial charge in [0.1, 0.15) is 0 Å². The van der Waals surface area contributed by atoms with Crippen molar-refractivity contribution in [3.8, 4) is 0 Å². The van der Waals surface area contributed by atoms with Gasteiger partial charge in [0.2, 0.25) is 15.9 Å². The van der Waals surface area contributed by atoms with Crippen LogP contribution in [0.5, 0.6) is 0 Å². The van der Waals surface area contributed by atoms with Crippen LogP contribution >= 0.6 is 11.6 Å². The third-order valence-corrected chi connectivity index (χ3v) is 4.11. The molecule has 1 heterocycles. The highest BCUT2D eigenvalue weighted by Gasteiger charge is 2.34. The summed E-state index contributed by atoms with van der Waals surface area (Å²) >= 11 is 5.33. The molecule has 0 radical (unpaired) electrons. The van der Waals surface area contributed by atoms with Crippen LogP contribution in [-0.2, 0) is 14.8 Å². The van der Waals surface area contributed by atoms with Crippen LogP contribution in [0.3, 0.4) is 0 Å². The van der Waals surface area contributed by atoms with Crippen LogP contribution in [0.2, 0.25) is 0 Å². The summed E-state index contributed by atoms with van der Waals surface area (Å²) in [5.74, 6) is -0.316. The van der Waals surface area contributed by atoms with Gasteiger partial charge < -0.3 is 0 Å². The Hall–Kier alpha value is -0.290. The van der Waals surface area contributed by atoms with E-state index in [0.717, 1.165) is 4.31 Å². The van der Waals surface area contributed by atoms with Crippen LogP contribution in [0.25, 0.3) is 0 Å². The average molecular weight is 226 g/mol. The molecule has 1 fully saturated rings. The number of nitrogens with zero attached hydrogens (tertiary/aromatic N) is 1. The van der Waals surface area contributed by atoms with Crippen molar-refractivity contribution in [1.29, 1.82) is 0 Å². The van der Waals surface area contributed by atoms with Gasteiger partial charge in [-0.05, 0) is 5.92 Å². The lowest BCUT2D eigenvalue weighted by Crippen LogP contribution is -2.34. The first kappa shape index (κ1) is 10.8. The molecule has 76 valence electrons. The van der Waals surface area contributed by atoms with Crippen molar-refractivity contribution < 1.29 is 13.2 Å². The van der Waals surface area contributed by atoms with Gasteiger partial charge in [0.25, 0.3) is 0 Å². The molecule has 0 N–H and O–H groups in total. The minimum atomic E-state index is -3.44. The zero-order chi connectivity index (χ0) is 10.1. The molecular formula is C7H12ClNO3S. The third-order valence-electron chi connectivity index (χ3n) is 1.95. The standard InChI is InChI=1S/C7H12ClNO3S/c1-6-4-7(10)9(5-6)13(11,12)3-2-8/h6H,2-5H2,1H3. The highest BCUT2D eigenvalue weighted by Crippen LogP contribution is 2.20. The van der Waals surface area contributed by atoms with Crippen LogP contribution in [0.4, 0.5) is 0 Å². The van der Waals surface area contributed by atoms with E-state index in [0.29, 0.717) is 13.0 Å². The number of hydrogen-bond acceptors (Lipinski definition) is 3. The van der Waals surface area contributed by atoms with E-state index < -0.39 is 10.0 Å². The van der Waals surface area contributed by atoms with Gasteiger partial charge in [-0.3, -0.25) is 4.79 Å². The van der Waals surface area contributed by atoms with Gasteiger partial charge in [0.15, 0.2) is 0 Å². The van der Waals surface area contributed by atoms with Crippen LogP contribution in [0.15, 0.2) is 0 Å². The number of amides is 1. The summed E-state index contributed by atoms with van der Waals surface area (Å²) in [5, 5.41) is 0. The van der Waals surface area contributed by atoms with Gasteiger partial charge in [-0.25, -0.2) is 12.7 Å². The second kappa shape index (κ2) is 3.84. The van der Waals surface area contributed by atoms with Gasteiger partial charge in [-0.1, -0.05) is 6.92 Å². The Morgan fingerprint density at radius 3 is 2.62 bits per heavy atom. The Morgan fingerprint density at radius 1 is 1.62 bits per heavy atom. The Bertz CT molecular complexity index is 301. The average Bonchev–Trinajstić information content (AvgIpc) is 2.30. The topological polar surface area (TPSA) is 54.5 Å². The zero-order valence-electron chi connectivity index (χ0n) is 7.36. The maximum Gasteiger partial charge on any atom is 0.238 e. The van der Waals surface area contributed by atoms with Crippen LogP contribution in [-0.4, -0.2) is 36.8 Å². The fourth-order valence-corrected chi connectivity index (χ4v) is 3.19. The van der Waals surface area contributed by atoms with Crippen molar-refractivity contribution in [3.63, 3.8) is 0 Å². The van der Waals surface area contributed by atoms with Crippen molar-refractivity contribution in [3.05, 3.63) is 0 Å². The molecule has 0 saturated carbocycles. The van der Waals surface area contributed by atoms with E-state index in [1.807, 2.05) is 6.92 Å². The Morgan fingerprint density at radius 2 is 2.23 bits per heavy atom. The molecule has 0 spiro atoms. The van der Waals surface area contributed by atoms with E-state index >= 15 is 0 Å². The van der Waals surface area contributed by atoms with Crippen molar-refractivity contribution in [1.82, 2.24) is 4.31 Å². The third kappa shape index (κ3) is 2.34. The fraction of sp³-hybridized carbons (Fsp3) is 0.857.